The van der Waals surface area contributed by atoms with E-state index in [0.717, 1.165) is 16.5 Å². The smallest absolute Gasteiger partial charge is 0.325 e. The lowest BCUT2D eigenvalue weighted by molar-refractivity contribution is -0.145. The Balaban J connectivity index is 1.14. The number of unbranched alkanes of at least 4 members (excludes halogenated alkanes) is 3. The van der Waals surface area contributed by atoms with Gasteiger partial charge in [0.1, 0.15) is 84.6 Å². The van der Waals surface area contributed by atoms with Crippen molar-refractivity contribution in [2.24, 2.45) is 40.7 Å². The Kier molecular flexibility index (Phi) is 41.9. The molecule has 3 heterocycles. The number of carbonyl (C=O) groups is 15. The van der Waals surface area contributed by atoms with Crippen molar-refractivity contribution in [2.75, 3.05) is 26.2 Å². The Bertz CT molecular complexity index is 4440. The molecule has 1 fully saturated rings. The van der Waals surface area contributed by atoms with Crippen molar-refractivity contribution in [3.05, 3.63) is 108 Å². The summed E-state index contributed by atoms with van der Waals surface area (Å²) in [6.07, 6.45) is 5.14. The highest BCUT2D eigenvalue weighted by Gasteiger charge is 2.42. The number of H-pyrrole nitrogens is 2. The van der Waals surface area contributed by atoms with Gasteiger partial charge in [-0.05, 0) is 191 Å². The molecule has 0 radical (unpaired) electrons. The van der Waals surface area contributed by atoms with Gasteiger partial charge < -0.3 is 117 Å². The fraction of sp³-hybridized carbons (Fsp3) is 0.580. The number of nitrogens with zero attached hydrogens (tertiary/aromatic N) is 1. The lowest BCUT2D eigenvalue weighted by atomic mass is 9.97. The maximum Gasteiger partial charge on any atom is 0.325 e. The van der Waals surface area contributed by atoms with Crippen LogP contribution in [0.2, 0.25) is 0 Å². The van der Waals surface area contributed by atoms with Crippen LogP contribution in [0, 0.1) is 17.8 Å². The average Bonchev–Trinajstić information content (AvgIpc) is 1.70. The van der Waals surface area contributed by atoms with Gasteiger partial charge in [-0.1, -0.05) is 115 Å². The van der Waals surface area contributed by atoms with Gasteiger partial charge in [-0.25, -0.2) is 0 Å². The number of aliphatic carboxylic acids is 1. The van der Waals surface area contributed by atoms with Gasteiger partial charge in [0.15, 0.2) is 0 Å². The first-order valence-corrected chi connectivity index (χ1v) is 43.6. The van der Waals surface area contributed by atoms with E-state index in [9.17, 15) is 82.1 Å². The monoisotopic (exact) mass is 1740 g/mol. The Morgan fingerprint density at radius 1 is 0.416 bits per heavy atom. The van der Waals surface area contributed by atoms with Crippen LogP contribution in [-0.2, 0) is 91.2 Å². The fourth-order valence-electron chi connectivity index (χ4n) is 14.7. The second-order valence-corrected chi connectivity index (χ2v) is 33.5. The molecule has 6 rings (SSSR count). The second-order valence-electron chi connectivity index (χ2n) is 33.5. The summed E-state index contributed by atoms with van der Waals surface area (Å²) in [7, 11) is 0. The number of nitrogens with two attached hydrogens (primary N) is 4. The molecule has 14 amide bonds. The van der Waals surface area contributed by atoms with Crippen LogP contribution in [0.4, 0.5) is 0 Å². The number of hydrogen-bond donors (Lipinski definition) is 21. The van der Waals surface area contributed by atoms with Crippen molar-refractivity contribution in [1.82, 2.24) is 84.0 Å². The molecule has 1 aliphatic rings. The number of likely N-dealkylation sites (tertiary alicyclic amines) is 1. The Hall–Kier alpha value is -11.4. The van der Waals surface area contributed by atoms with Crippen molar-refractivity contribution in [2.45, 2.75) is 282 Å². The number of carbonyl (C=O) groups excluding carboxylic acids is 14. The molecule has 0 bridgehead atoms. The molecule has 125 heavy (non-hydrogen) atoms. The lowest BCUT2D eigenvalue weighted by Gasteiger charge is -2.32. The zero-order chi connectivity index (χ0) is 92.3. The molecule has 1 saturated heterocycles. The predicted octanol–water partition coefficient (Wildman–Crippen LogP) is 0.368. The number of benzene rings is 3. The van der Waals surface area contributed by atoms with E-state index in [4.69, 9.17) is 22.9 Å². The Morgan fingerprint density at radius 3 is 1.23 bits per heavy atom. The SMILES string of the molecule is CC[C@H](C)[C@H](NC(=O)[C@H](C)NC(=O)[C@H](CCCCN)NC(=O)[C@H](CC(C)C)NC(=O)[C@H](C)NC(=O)[C@H](Cc1c[nH]c2ccccc12)NC(=O)[C@H](CCCCN)NC(=O)[C@H](C)NC(=O)[C@H](CC(C)C)NC(=O)[C@@H](NC(=O)[C@H](CCCCN)NC(=O)[C@H](Cc1c[nH]c2ccccc12)NC(=O)[C@@H](N)Cc1ccccc1)[C@@H](C)O)C(=O)N1CCC[C@H]1C(=O)N[C@@H](C)C(=O)O. The molecule has 0 aliphatic carbocycles. The third-order valence-electron chi connectivity index (χ3n) is 22.2. The number of aliphatic hydroxyl groups excluding tert-OH is 1. The highest BCUT2D eigenvalue weighted by molar-refractivity contribution is 6.01. The van der Waals surface area contributed by atoms with E-state index >= 15 is 0 Å². The average molecular weight is 1740 g/mol. The van der Waals surface area contributed by atoms with Gasteiger partial charge in [-0.3, -0.25) is 71.9 Å². The Morgan fingerprint density at radius 2 is 0.784 bits per heavy atom. The van der Waals surface area contributed by atoms with Gasteiger partial charge in [0, 0.05) is 53.6 Å². The number of nitrogens with one attached hydrogen (secondary N) is 15. The lowest BCUT2D eigenvalue weighted by Crippen LogP contribution is -2.62. The van der Waals surface area contributed by atoms with E-state index in [-0.39, 0.29) is 95.8 Å². The number of rotatable bonds is 53. The van der Waals surface area contributed by atoms with E-state index in [1.165, 1.54) is 39.5 Å². The van der Waals surface area contributed by atoms with Crippen LogP contribution in [0.1, 0.15) is 183 Å². The van der Waals surface area contributed by atoms with E-state index in [0.29, 0.717) is 73.4 Å². The minimum absolute atomic E-state index is 0.00697. The molecule has 2 aromatic heterocycles. The number of aromatic amines is 2. The maximum absolute atomic E-state index is 14.8. The summed E-state index contributed by atoms with van der Waals surface area (Å²) >= 11 is 0. The molecule has 3 aromatic carbocycles. The standard InChI is InChI=1S/C88H134N20O17/c1-12-50(6)72(87(123)108-40-26-36-71(108)85(121)98-54(10)88(124)125)106-76(112)53(9)95-78(114)64(33-20-23-37-89)100-83(119)68(42-49(4)5)102-75(111)52(8)97-82(118)69(44-57-46-93-62-31-18-16-29-59(57)62)104-79(115)65(34-21-24-38-90)99-74(110)51(7)96-81(117)67(41-48(2)3)105-86(122)73(55(11)109)107-80(116)66(35-22-25-39-91)101-84(120)70(45-58-47-94-63-32-19-17-30-60(58)63)103-77(113)61(92)43-56-27-14-13-15-28-56/h13-19,27-32,46-55,61,64-73,93-94,109H,12,20-26,33-45,89-92H2,1-11H3,(H,95,114)(H,96,117)(H,97,118)(H,98,121)(H,99,110)(H,100,119)(H,101,120)(H,102,111)(H,103,113)(H,104,115)(H,105,122)(H,106,112)(H,107,116)(H,124,125)/t50-,51-,52-,53-,54-,55+,61-,64-,65-,66-,67-,68-,69-,70-,71-,72-,73-/m0/s1. The second kappa shape index (κ2) is 51.1. The first-order valence-electron chi connectivity index (χ1n) is 43.6. The number of amides is 14. The number of fused-ring (bicyclic) bond motifs is 2. The third kappa shape index (κ3) is 32.0. The number of para-hydroxylation sites is 2. The van der Waals surface area contributed by atoms with Crippen LogP contribution in [-0.4, -0.2) is 237 Å². The van der Waals surface area contributed by atoms with Crippen LogP contribution < -0.4 is 92.1 Å². The predicted molar refractivity (Wildman–Crippen MR) is 471 cm³/mol. The van der Waals surface area contributed by atoms with E-state index in [1.807, 2.05) is 61.5 Å². The minimum atomic E-state index is -1.73. The summed E-state index contributed by atoms with van der Waals surface area (Å²) in [5.41, 5.74) is 27.5. The van der Waals surface area contributed by atoms with Crippen molar-refractivity contribution >= 4 is 110 Å². The highest BCUT2D eigenvalue weighted by Crippen LogP contribution is 2.25. The third-order valence-corrected chi connectivity index (χ3v) is 22.2. The quantitative estimate of drug-likeness (QED) is 0.0234. The van der Waals surface area contributed by atoms with Crippen molar-refractivity contribution < 1.29 is 82.1 Å². The van der Waals surface area contributed by atoms with Gasteiger partial charge >= 0.3 is 5.97 Å². The van der Waals surface area contributed by atoms with Crippen LogP contribution in [0.15, 0.2) is 91.3 Å². The summed E-state index contributed by atoms with van der Waals surface area (Å²) in [6, 6.07) is 3.94. The number of aromatic nitrogens is 2. The van der Waals surface area contributed by atoms with Crippen LogP contribution in [0.25, 0.3) is 21.8 Å². The van der Waals surface area contributed by atoms with Gasteiger partial charge in [0.2, 0.25) is 82.7 Å². The molecule has 0 saturated carbocycles. The molecule has 0 unspecified atom stereocenters. The topological polar surface area (TPSA) is 592 Å². The number of carboxylic acid groups (broad SMARTS) is 1. The van der Waals surface area contributed by atoms with Crippen LogP contribution in [0.5, 0.6) is 0 Å². The van der Waals surface area contributed by atoms with Crippen LogP contribution in [0.3, 0.4) is 0 Å². The highest BCUT2D eigenvalue weighted by atomic mass is 16.4. The number of aliphatic hydroxyl groups is 1. The maximum atomic E-state index is 14.8. The first-order chi connectivity index (χ1) is 59.4. The molecule has 0 spiro atoms. The molecule has 17 atom stereocenters. The van der Waals surface area contributed by atoms with Crippen LogP contribution >= 0.6 is 0 Å². The van der Waals surface area contributed by atoms with Gasteiger partial charge in [0.05, 0.1) is 12.1 Å². The summed E-state index contributed by atoms with van der Waals surface area (Å²) in [6.45, 7) is 18.2. The molecular formula is C88H134N20O17. The fourth-order valence-corrected chi connectivity index (χ4v) is 14.7. The molecule has 37 nitrogen and oxygen atoms in total. The minimum Gasteiger partial charge on any atom is -0.480 e. The first kappa shape index (κ1) is 102. The summed E-state index contributed by atoms with van der Waals surface area (Å²) in [4.78, 5) is 220. The van der Waals surface area contributed by atoms with Gasteiger partial charge in [-0.2, -0.15) is 0 Å². The molecule has 1 aliphatic heterocycles. The molecule has 25 N–H and O–H groups in total. The molecular weight excluding hydrogens is 1610 g/mol. The van der Waals surface area contributed by atoms with Crippen molar-refractivity contribution in [3.63, 3.8) is 0 Å². The zero-order valence-electron chi connectivity index (χ0n) is 73.8. The van der Waals surface area contributed by atoms with E-state index in [2.05, 4.69) is 79.1 Å². The molecule has 5 aromatic rings. The Labute approximate surface area is 730 Å². The zero-order valence-corrected chi connectivity index (χ0v) is 73.8. The number of hydrogen-bond acceptors (Lipinski definition) is 20. The normalized spacial score (nSPS) is 16.5. The molecule has 688 valence electrons. The van der Waals surface area contributed by atoms with Gasteiger partial charge in [0.25, 0.3) is 0 Å². The number of carboxylic acids is 1. The van der Waals surface area contributed by atoms with E-state index < -0.39 is 191 Å². The summed E-state index contributed by atoms with van der Waals surface area (Å²) < 4.78 is 0. The van der Waals surface area contributed by atoms with Gasteiger partial charge in [-0.15, -0.1) is 0 Å². The molecule has 37 heteroatoms. The summed E-state index contributed by atoms with van der Waals surface area (Å²) in [5.74, 6) is -13.3. The van der Waals surface area contributed by atoms with E-state index in [1.54, 1.807) is 71.3 Å². The van der Waals surface area contributed by atoms with Crippen molar-refractivity contribution in [3.8, 4) is 0 Å². The largest absolute Gasteiger partial charge is 0.480 e. The summed E-state index contributed by atoms with van der Waals surface area (Å²) in [5, 5.41) is 56.9. The van der Waals surface area contributed by atoms with Crippen molar-refractivity contribution in [1.29, 1.82) is 0 Å².